The number of nitrogens with zero attached hydrogens (tertiary/aromatic N) is 1. The SMILES string of the molecule is O=C(O)CN(CC(=O)O)CC(=O)NNC(=O)c1cccs1. The van der Waals surface area contributed by atoms with Gasteiger partial charge in [0, 0.05) is 0 Å². The highest BCUT2D eigenvalue weighted by Crippen LogP contribution is 2.06. The molecule has 0 aromatic carbocycles. The lowest BCUT2D eigenvalue weighted by Gasteiger charge is -2.17. The van der Waals surface area contributed by atoms with Crippen molar-refractivity contribution < 1.29 is 29.4 Å². The molecule has 0 saturated heterocycles. The molecule has 1 heterocycles. The summed E-state index contributed by atoms with van der Waals surface area (Å²) in [5.41, 5.74) is 4.24. The summed E-state index contributed by atoms with van der Waals surface area (Å²) in [5, 5.41) is 18.9. The van der Waals surface area contributed by atoms with Crippen LogP contribution in [0.4, 0.5) is 0 Å². The summed E-state index contributed by atoms with van der Waals surface area (Å²) in [5.74, 6) is -3.75. The fourth-order valence-electron chi connectivity index (χ4n) is 1.39. The van der Waals surface area contributed by atoms with Gasteiger partial charge >= 0.3 is 11.9 Å². The van der Waals surface area contributed by atoms with E-state index in [0.717, 1.165) is 4.90 Å². The number of hydrogen-bond donors (Lipinski definition) is 4. The molecule has 4 N–H and O–H groups in total. The maximum absolute atomic E-state index is 11.5. The number of carboxylic acids is 2. The second kappa shape index (κ2) is 7.97. The second-order valence-electron chi connectivity index (χ2n) is 3.91. The van der Waals surface area contributed by atoms with Gasteiger partial charge in [-0.05, 0) is 11.4 Å². The molecule has 0 aliphatic heterocycles. The molecule has 1 aromatic rings. The van der Waals surface area contributed by atoms with Gasteiger partial charge in [-0.3, -0.25) is 34.9 Å². The molecule has 0 aliphatic carbocycles. The average molecular weight is 315 g/mol. The highest BCUT2D eigenvalue weighted by atomic mass is 32.1. The zero-order valence-corrected chi connectivity index (χ0v) is 11.6. The summed E-state index contributed by atoms with van der Waals surface area (Å²) in [7, 11) is 0. The van der Waals surface area contributed by atoms with Crippen LogP contribution >= 0.6 is 11.3 Å². The number of amides is 2. The summed E-state index contributed by atoms with van der Waals surface area (Å²) in [6.07, 6.45) is 0. The van der Waals surface area contributed by atoms with Crippen molar-refractivity contribution in [1.82, 2.24) is 15.8 Å². The highest BCUT2D eigenvalue weighted by molar-refractivity contribution is 7.12. The summed E-state index contributed by atoms with van der Waals surface area (Å²) < 4.78 is 0. The van der Waals surface area contributed by atoms with Crippen molar-refractivity contribution >= 4 is 35.1 Å². The summed E-state index contributed by atoms with van der Waals surface area (Å²) >= 11 is 1.18. The predicted octanol–water partition coefficient (Wildman–Crippen LogP) is -1.02. The van der Waals surface area contributed by atoms with Gasteiger partial charge in [-0.25, -0.2) is 0 Å². The van der Waals surface area contributed by atoms with Crippen LogP contribution in [0.1, 0.15) is 9.67 Å². The van der Waals surface area contributed by atoms with Crippen molar-refractivity contribution in [3.05, 3.63) is 22.4 Å². The lowest BCUT2D eigenvalue weighted by Crippen LogP contribution is -2.48. The molecular weight excluding hydrogens is 302 g/mol. The monoisotopic (exact) mass is 315 g/mol. The molecule has 21 heavy (non-hydrogen) atoms. The fraction of sp³-hybridized carbons (Fsp3) is 0.273. The van der Waals surface area contributed by atoms with E-state index in [1.54, 1.807) is 17.5 Å². The Morgan fingerprint density at radius 2 is 1.67 bits per heavy atom. The fourth-order valence-corrected chi connectivity index (χ4v) is 2.01. The number of aliphatic carboxylic acids is 2. The predicted molar refractivity (Wildman–Crippen MR) is 71.6 cm³/mol. The third kappa shape index (κ3) is 6.49. The molecule has 10 heteroatoms. The minimum atomic E-state index is -1.26. The van der Waals surface area contributed by atoms with E-state index in [1.165, 1.54) is 11.3 Å². The summed E-state index contributed by atoms with van der Waals surface area (Å²) in [6, 6.07) is 3.23. The zero-order chi connectivity index (χ0) is 15.8. The zero-order valence-electron chi connectivity index (χ0n) is 10.7. The Labute approximate surface area is 123 Å². The van der Waals surface area contributed by atoms with Gasteiger partial charge in [0.25, 0.3) is 11.8 Å². The van der Waals surface area contributed by atoms with Crippen molar-refractivity contribution in [2.75, 3.05) is 19.6 Å². The van der Waals surface area contributed by atoms with E-state index >= 15 is 0 Å². The van der Waals surface area contributed by atoms with Crippen molar-refractivity contribution in [2.24, 2.45) is 0 Å². The Hall–Kier alpha value is -2.46. The molecule has 0 spiro atoms. The smallest absolute Gasteiger partial charge is 0.317 e. The minimum Gasteiger partial charge on any atom is -0.480 e. The molecule has 2 amide bonds. The molecule has 0 aliphatic rings. The second-order valence-corrected chi connectivity index (χ2v) is 4.86. The number of carbonyl (C=O) groups excluding carboxylic acids is 2. The van der Waals surface area contributed by atoms with Crippen LogP contribution in [-0.4, -0.2) is 58.5 Å². The third-order valence-corrected chi connectivity index (χ3v) is 3.01. The Morgan fingerprint density at radius 1 is 1.05 bits per heavy atom. The van der Waals surface area contributed by atoms with E-state index in [1.807, 2.05) is 0 Å². The first-order chi connectivity index (χ1) is 9.88. The number of carbonyl (C=O) groups is 4. The maximum atomic E-state index is 11.5. The largest absolute Gasteiger partial charge is 0.480 e. The maximum Gasteiger partial charge on any atom is 0.317 e. The Kier molecular flexibility index (Phi) is 6.30. The van der Waals surface area contributed by atoms with Crippen LogP contribution in [0, 0.1) is 0 Å². The van der Waals surface area contributed by atoms with E-state index in [2.05, 4.69) is 10.9 Å². The van der Waals surface area contributed by atoms with Gasteiger partial charge in [-0.15, -0.1) is 11.3 Å². The van der Waals surface area contributed by atoms with Crippen LogP contribution in [0.15, 0.2) is 17.5 Å². The quantitative estimate of drug-likeness (QED) is 0.473. The molecule has 0 saturated carbocycles. The number of nitrogens with one attached hydrogen (secondary N) is 2. The van der Waals surface area contributed by atoms with E-state index in [-0.39, 0.29) is 0 Å². The number of hydrazine groups is 1. The Bertz CT molecular complexity index is 514. The van der Waals surface area contributed by atoms with Crippen LogP contribution < -0.4 is 10.9 Å². The molecule has 114 valence electrons. The minimum absolute atomic E-state index is 0.392. The van der Waals surface area contributed by atoms with Crippen LogP contribution in [0.3, 0.4) is 0 Å². The first-order valence-electron chi connectivity index (χ1n) is 5.67. The van der Waals surface area contributed by atoms with Crippen molar-refractivity contribution in [3.63, 3.8) is 0 Å². The molecule has 0 bridgehead atoms. The molecule has 1 aromatic heterocycles. The topological polar surface area (TPSA) is 136 Å². The van der Waals surface area contributed by atoms with E-state index < -0.39 is 43.4 Å². The van der Waals surface area contributed by atoms with Crippen LogP contribution in [0.5, 0.6) is 0 Å². The summed E-state index contributed by atoms with van der Waals surface area (Å²) in [4.78, 5) is 45.5. The highest BCUT2D eigenvalue weighted by Gasteiger charge is 2.17. The molecule has 9 nitrogen and oxygen atoms in total. The lowest BCUT2D eigenvalue weighted by atomic mass is 10.4. The number of thiophene rings is 1. The molecule has 0 radical (unpaired) electrons. The molecule has 0 fully saturated rings. The van der Waals surface area contributed by atoms with Crippen LogP contribution in [0.25, 0.3) is 0 Å². The standard InChI is InChI=1S/C11H13N3O6S/c15-8(4-14(5-9(16)17)6-10(18)19)12-13-11(20)7-2-1-3-21-7/h1-3H,4-6H2,(H,12,15)(H,13,20)(H,16,17)(H,18,19). The molecule has 1 rings (SSSR count). The first-order valence-corrected chi connectivity index (χ1v) is 6.55. The molecular formula is C11H13N3O6S. The molecule has 0 unspecified atom stereocenters. The van der Waals surface area contributed by atoms with E-state index in [9.17, 15) is 19.2 Å². The van der Waals surface area contributed by atoms with Gasteiger partial charge in [0.1, 0.15) is 0 Å². The van der Waals surface area contributed by atoms with Gasteiger partial charge in [-0.2, -0.15) is 0 Å². The number of carboxylic acid groups (broad SMARTS) is 2. The van der Waals surface area contributed by atoms with Crippen molar-refractivity contribution in [3.8, 4) is 0 Å². The first kappa shape index (κ1) is 16.6. The van der Waals surface area contributed by atoms with Crippen molar-refractivity contribution in [1.29, 1.82) is 0 Å². The third-order valence-electron chi connectivity index (χ3n) is 2.15. The normalized spacial score (nSPS) is 10.1. The Morgan fingerprint density at radius 3 is 2.14 bits per heavy atom. The summed E-state index contributed by atoms with van der Waals surface area (Å²) in [6.45, 7) is -1.67. The van der Waals surface area contributed by atoms with Crippen LogP contribution in [0.2, 0.25) is 0 Å². The molecule has 0 atom stereocenters. The van der Waals surface area contributed by atoms with E-state index in [4.69, 9.17) is 10.2 Å². The van der Waals surface area contributed by atoms with Crippen LogP contribution in [-0.2, 0) is 14.4 Å². The van der Waals surface area contributed by atoms with Gasteiger partial charge in [-0.1, -0.05) is 6.07 Å². The number of rotatable bonds is 7. The number of hydrogen-bond acceptors (Lipinski definition) is 6. The van der Waals surface area contributed by atoms with Gasteiger partial charge in [0.05, 0.1) is 24.5 Å². The average Bonchev–Trinajstić information content (AvgIpc) is 2.88. The lowest BCUT2D eigenvalue weighted by molar-refractivity contribution is -0.142. The van der Waals surface area contributed by atoms with E-state index in [0.29, 0.717) is 4.88 Å². The van der Waals surface area contributed by atoms with Gasteiger partial charge in [0.15, 0.2) is 0 Å². The Balaban J connectivity index is 2.44. The van der Waals surface area contributed by atoms with Crippen molar-refractivity contribution in [2.45, 2.75) is 0 Å². The van der Waals surface area contributed by atoms with Gasteiger partial charge < -0.3 is 10.2 Å². The van der Waals surface area contributed by atoms with Gasteiger partial charge in [0.2, 0.25) is 0 Å².